The fraction of sp³-hybridized carbons (Fsp3) is 0.667. The smallest absolute Gasteiger partial charge is 0.193 e. The van der Waals surface area contributed by atoms with Crippen LogP contribution in [0.2, 0.25) is 5.02 Å². The first kappa shape index (κ1) is 19.5. The molecule has 1 atom stereocenters. The number of aliphatic imine (C=N–C) groups is 1. The first-order valence-electron chi connectivity index (χ1n) is 10.2. The van der Waals surface area contributed by atoms with E-state index in [4.69, 9.17) is 11.6 Å². The lowest BCUT2D eigenvalue weighted by atomic mass is 10.1. The van der Waals surface area contributed by atoms with Gasteiger partial charge < -0.3 is 15.1 Å². The number of aryl methyl sites for hydroxylation is 1. The van der Waals surface area contributed by atoms with Gasteiger partial charge >= 0.3 is 0 Å². The number of hydrogen-bond acceptors (Lipinski definition) is 2. The highest BCUT2D eigenvalue weighted by molar-refractivity contribution is 6.31. The molecule has 5 heteroatoms. The molecule has 1 unspecified atom stereocenters. The second-order valence-electron chi connectivity index (χ2n) is 7.63. The first-order chi connectivity index (χ1) is 12.8. The van der Waals surface area contributed by atoms with E-state index in [0.29, 0.717) is 0 Å². The summed E-state index contributed by atoms with van der Waals surface area (Å²) >= 11 is 6.24. The number of piperidine rings is 1. The van der Waals surface area contributed by atoms with Gasteiger partial charge in [-0.25, -0.2) is 0 Å². The number of guanidine groups is 1. The van der Waals surface area contributed by atoms with Gasteiger partial charge in [0, 0.05) is 38.2 Å². The molecule has 0 saturated carbocycles. The molecule has 0 aromatic heterocycles. The first-order valence-corrected chi connectivity index (χ1v) is 10.6. The van der Waals surface area contributed by atoms with E-state index in [1.165, 1.54) is 50.9 Å². The molecule has 2 saturated heterocycles. The molecule has 0 spiro atoms. The molecular formula is C21H33ClN4. The van der Waals surface area contributed by atoms with Gasteiger partial charge in [-0.3, -0.25) is 4.99 Å². The van der Waals surface area contributed by atoms with Crippen molar-refractivity contribution in [2.45, 2.75) is 38.5 Å². The maximum Gasteiger partial charge on any atom is 0.193 e. The van der Waals surface area contributed by atoms with Crippen molar-refractivity contribution in [3.63, 3.8) is 0 Å². The lowest BCUT2D eigenvalue weighted by Gasteiger charge is -2.29. The minimum Gasteiger partial charge on any atom is -0.356 e. The Morgan fingerprint density at radius 1 is 1.19 bits per heavy atom. The number of benzene rings is 1. The van der Waals surface area contributed by atoms with Crippen LogP contribution in [0, 0.1) is 5.92 Å². The number of likely N-dealkylation sites (tertiary alicyclic amines) is 2. The predicted octanol–water partition coefficient (Wildman–Crippen LogP) is 3.66. The number of hydrogen-bond donors (Lipinski definition) is 1. The summed E-state index contributed by atoms with van der Waals surface area (Å²) in [6, 6.07) is 8.12. The fourth-order valence-electron chi connectivity index (χ4n) is 4.19. The molecule has 1 aromatic carbocycles. The molecule has 2 fully saturated rings. The Bertz CT molecular complexity index is 583. The minimum absolute atomic E-state index is 0.787. The molecule has 3 rings (SSSR count). The lowest BCUT2D eigenvalue weighted by molar-refractivity contribution is 0.198. The summed E-state index contributed by atoms with van der Waals surface area (Å²) < 4.78 is 0. The highest BCUT2D eigenvalue weighted by atomic mass is 35.5. The highest BCUT2D eigenvalue weighted by Crippen LogP contribution is 2.20. The van der Waals surface area contributed by atoms with Crippen LogP contribution < -0.4 is 5.32 Å². The molecule has 2 heterocycles. The van der Waals surface area contributed by atoms with Gasteiger partial charge in [0.15, 0.2) is 5.96 Å². The molecule has 2 aliphatic heterocycles. The average molecular weight is 377 g/mol. The average Bonchev–Trinajstić information content (AvgIpc) is 3.12. The zero-order chi connectivity index (χ0) is 18.2. The van der Waals surface area contributed by atoms with E-state index in [2.05, 4.69) is 32.2 Å². The Kier molecular flexibility index (Phi) is 7.63. The number of nitrogens with zero attached hydrogens (tertiary/aromatic N) is 3. The molecule has 1 N–H and O–H groups in total. The molecule has 2 aliphatic rings. The Hall–Kier alpha value is -1.26. The molecule has 26 heavy (non-hydrogen) atoms. The molecule has 0 amide bonds. The molecule has 144 valence electrons. The van der Waals surface area contributed by atoms with Gasteiger partial charge in [-0.2, -0.15) is 0 Å². The summed E-state index contributed by atoms with van der Waals surface area (Å²) in [5.41, 5.74) is 1.23. The van der Waals surface area contributed by atoms with Crippen LogP contribution >= 0.6 is 11.6 Å². The third-order valence-electron chi connectivity index (χ3n) is 5.63. The van der Waals surface area contributed by atoms with Crippen LogP contribution in [0.15, 0.2) is 29.3 Å². The van der Waals surface area contributed by atoms with Gasteiger partial charge in [0.05, 0.1) is 0 Å². The maximum atomic E-state index is 6.24. The van der Waals surface area contributed by atoms with Crippen LogP contribution in [0.5, 0.6) is 0 Å². The van der Waals surface area contributed by atoms with E-state index in [-0.39, 0.29) is 0 Å². The van der Waals surface area contributed by atoms with E-state index in [0.717, 1.165) is 49.4 Å². The van der Waals surface area contributed by atoms with Crippen LogP contribution in [0.25, 0.3) is 0 Å². The molecule has 1 aromatic rings. The zero-order valence-electron chi connectivity index (χ0n) is 16.1. The topological polar surface area (TPSA) is 30.9 Å². The predicted molar refractivity (Wildman–Crippen MR) is 111 cm³/mol. The van der Waals surface area contributed by atoms with Crippen molar-refractivity contribution in [3.8, 4) is 0 Å². The van der Waals surface area contributed by atoms with Gasteiger partial charge in [-0.15, -0.1) is 0 Å². The van der Waals surface area contributed by atoms with E-state index < -0.39 is 0 Å². The second-order valence-corrected chi connectivity index (χ2v) is 8.04. The quantitative estimate of drug-likeness (QED) is 0.467. The summed E-state index contributed by atoms with van der Waals surface area (Å²) in [6.45, 7) is 7.06. The third kappa shape index (κ3) is 5.62. The van der Waals surface area contributed by atoms with E-state index in [9.17, 15) is 0 Å². The molecule has 0 aliphatic carbocycles. The number of halogens is 1. The Morgan fingerprint density at radius 2 is 2.00 bits per heavy atom. The van der Waals surface area contributed by atoms with Crippen molar-refractivity contribution in [2.24, 2.45) is 10.9 Å². The zero-order valence-corrected chi connectivity index (χ0v) is 16.8. The van der Waals surface area contributed by atoms with Gasteiger partial charge in [0.25, 0.3) is 0 Å². The summed E-state index contributed by atoms with van der Waals surface area (Å²) in [5, 5.41) is 4.42. The lowest BCUT2D eigenvalue weighted by Crippen LogP contribution is -2.41. The normalized spacial score (nSPS) is 22.0. The Morgan fingerprint density at radius 3 is 2.77 bits per heavy atom. The maximum absolute atomic E-state index is 6.24. The van der Waals surface area contributed by atoms with Crippen LogP contribution in [0.1, 0.15) is 37.7 Å². The monoisotopic (exact) mass is 376 g/mol. The minimum atomic E-state index is 0.787. The van der Waals surface area contributed by atoms with Gasteiger partial charge in [0.1, 0.15) is 0 Å². The van der Waals surface area contributed by atoms with E-state index in [1.54, 1.807) is 0 Å². The molecule has 4 nitrogen and oxygen atoms in total. The van der Waals surface area contributed by atoms with Crippen molar-refractivity contribution in [1.29, 1.82) is 0 Å². The van der Waals surface area contributed by atoms with Crippen molar-refractivity contribution in [3.05, 3.63) is 34.9 Å². The largest absolute Gasteiger partial charge is 0.356 e. The van der Waals surface area contributed by atoms with Crippen molar-refractivity contribution in [2.75, 3.05) is 46.3 Å². The molecule has 0 bridgehead atoms. The SMILES string of the molecule is CN=C(NCCCc1ccccc1Cl)N1CCC(CN2CCCCC2)C1. The Labute approximate surface area is 163 Å². The van der Waals surface area contributed by atoms with Crippen LogP contribution in [0.3, 0.4) is 0 Å². The van der Waals surface area contributed by atoms with Crippen molar-refractivity contribution in [1.82, 2.24) is 15.1 Å². The molecule has 0 radical (unpaired) electrons. The van der Waals surface area contributed by atoms with Gasteiger partial charge in [-0.1, -0.05) is 36.2 Å². The summed E-state index contributed by atoms with van der Waals surface area (Å²) in [7, 11) is 1.90. The highest BCUT2D eigenvalue weighted by Gasteiger charge is 2.26. The van der Waals surface area contributed by atoms with Gasteiger partial charge in [0.2, 0.25) is 0 Å². The van der Waals surface area contributed by atoms with Gasteiger partial charge in [-0.05, 0) is 62.7 Å². The van der Waals surface area contributed by atoms with Crippen molar-refractivity contribution >= 4 is 17.6 Å². The van der Waals surface area contributed by atoms with Crippen LogP contribution in [-0.2, 0) is 6.42 Å². The van der Waals surface area contributed by atoms with Crippen molar-refractivity contribution < 1.29 is 0 Å². The number of rotatable bonds is 6. The molecular weight excluding hydrogens is 344 g/mol. The van der Waals surface area contributed by atoms with E-state index >= 15 is 0 Å². The standard InChI is InChI=1S/C21H33ClN4/c1-23-21(24-12-7-9-19-8-3-4-10-20(19)22)26-15-11-18(17-26)16-25-13-5-2-6-14-25/h3-4,8,10,18H,2,5-7,9,11-17H2,1H3,(H,23,24). The summed E-state index contributed by atoms with van der Waals surface area (Å²) in [6.07, 6.45) is 7.53. The fourth-order valence-corrected chi connectivity index (χ4v) is 4.42. The summed E-state index contributed by atoms with van der Waals surface area (Å²) in [4.78, 5) is 9.60. The summed E-state index contributed by atoms with van der Waals surface area (Å²) in [5.74, 6) is 1.85. The Balaban J connectivity index is 1.38. The van der Waals surface area contributed by atoms with Crippen LogP contribution in [0.4, 0.5) is 0 Å². The third-order valence-corrected chi connectivity index (χ3v) is 5.99. The number of nitrogens with one attached hydrogen (secondary N) is 1. The van der Waals surface area contributed by atoms with E-state index in [1.807, 2.05) is 19.2 Å². The second kappa shape index (κ2) is 10.2. The van der Waals surface area contributed by atoms with Crippen LogP contribution in [-0.4, -0.2) is 62.1 Å².